The SMILES string of the molecule is COc1ccc(C(=O)O)cc1OCC(=O)N1CCCC1. The van der Waals surface area contributed by atoms with Crippen LogP contribution < -0.4 is 9.47 Å². The molecule has 0 saturated carbocycles. The van der Waals surface area contributed by atoms with E-state index in [-0.39, 0.29) is 23.8 Å². The fraction of sp³-hybridized carbons (Fsp3) is 0.429. The van der Waals surface area contributed by atoms with Gasteiger partial charge < -0.3 is 19.5 Å². The summed E-state index contributed by atoms with van der Waals surface area (Å²) < 4.78 is 10.5. The monoisotopic (exact) mass is 279 g/mol. The van der Waals surface area contributed by atoms with Crippen LogP contribution >= 0.6 is 0 Å². The molecule has 1 aromatic carbocycles. The Bertz CT molecular complexity index is 508. The molecule has 2 rings (SSSR count). The van der Waals surface area contributed by atoms with Gasteiger partial charge in [-0.25, -0.2) is 4.79 Å². The van der Waals surface area contributed by atoms with Crippen LogP contribution in [0.4, 0.5) is 0 Å². The molecule has 1 aliphatic rings. The zero-order valence-corrected chi connectivity index (χ0v) is 11.3. The number of benzene rings is 1. The predicted octanol–water partition coefficient (Wildman–Crippen LogP) is 1.39. The summed E-state index contributed by atoms with van der Waals surface area (Å²) in [7, 11) is 1.46. The van der Waals surface area contributed by atoms with Gasteiger partial charge in [0.1, 0.15) is 0 Å². The molecule has 0 unspecified atom stereocenters. The number of carbonyl (C=O) groups is 2. The first-order valence-corrected chi connectivity index (χ1v) is 6.43. The Hall–Kier alpha value is -2.24. The van der Waals surface area contributed by atoms with Crippen LogP contribution in [0.3, 0.4) is 0 Å². The molecule has 1 heterocycles. The van der Waals surface area contributed by atoms with Crippen molar-refractivity contribution in [1.29, 1.82) is 0 Å². The maximum Gasteiger partial charge on any atom is 0.335 e. The molecule has 0 radical (unpaired) electrons. The number of ether oxygens (including phenoxy) is 2. The minimum Gasteiger partial charge on any atom is -0.493 e. The molecule has 0 spiro atoms. The molecule has 0 aliphatic carbocycles. The lowest BCUT2D eigenvalue weighted by molar-refractivity contribution is -0.132. The van der Waals surface area contributed by atoms with Crippen LogP contribution in [-0.2, 0) is 4.79 Å². The normalized spacial score (nSPS) is 14.2. The van der Waals surface area contributed by atoms with E-state index in [0.717, 1.165) is 25.9 Å². The van der Waals surface area contributed by atoms with Gasteiger partial charge in [0.05, 0.1) is 12.7 Å². The third-order valence-electron chi connectivity index (χ3n) is 3.22. The number of hydrogen-bond donors (Lipinski definition) is 1. The van der Waals surface area contributed by atoms with Gasteiger partial charge in [-0.15, -0.1) is 0 Å². The highest BCUT2D eigenvalue weighted by Crippen LogP contribution is 2.28. The highest BCUT2D eigenvalue weighted by molar-refractivity contribution is 5.88. The number of methoxy groups -OCH3 is 1. The molecule has 0 atom stereocenters. The Kier molecular flexibility index (Phi) is 4.45. The van der Waals surface area contributed by atoms with Crippen molar-refractivity contribution in [2.75, 3.05) is 26.8 Å². The van der Waals surface area contributed by atoms with E-state index < -0.39 is 5.97 Å². The molecule has 1 N–H and O–H groups in total. The van der Waals surface area contributed by atoms with E-state index >= 15 is 0 Å². The minimum absolute atomic E-state index is 0.0921. The number of likely N-dealkylation sites (tertiary alicyclic amines) is 1. The van der Waals surface area contributed by atoms with Gasteiger partial charge in [0, 0.05) is 13.1 Å². The molecular weight excluding hydrogens is 262 g/mol. The number of rotatable bonds is 5. The summed E-state index contributed by atoms with van der Waals surface area (Å²) >= 11 is 0. The summed E-state index contributed by atoms with van der Waals surface area (Å²) in [5, 5.41) is 8.95. The van der Waals surface area contributed by atoms with Crippen molar-refractivity contribution in [3.8, 4) is 11.5 Å². The topological polar surface area (TPSA) is 76.1 Å². The van der Waals surface area contributed by atoms with Gasteiger partial charge in [0.25, 0.3) is 5.91 Å². The fourth-order valence-electron chi connectivity index (χ4n) is 2.12. The molecule has 1 amide bonds. The second-order valence-electron chi connectivity index (χ2n) is 4.55. The van der Waals surface area contributed by atoms with E-state index in [1.807, 2.05) is 0 Å². The van der Waals surface area contributed by atoms with Gasteiger partial charge in [-0.1, -0.05) is 0 Å². The molecule has 1 aliphatic heterocycles. The number of carboxylic acid groups (broad SMARTS) is 1. The van der Waals surface area contributed by atoms with Crippen molar-refractivity contribution in [2.24, 2.45) is 0 Å². The molecule has 0 bridgehead atoms. The molecular formula is C14H17NO5. The molecule has 6 nitrogen and oxygen atoms in total. The van der Waals surface area contributed by atoms with Crippen molar-refractivity contribution in [1.82, 2.24) is 4.90 Å². The molecule has 0 aromatic heterocycles. The first-order valence-electron chi connectivity index (χ1n) is 6.43. The predicted molar refractivity (Wildman–Crippen MR) is 71.3 cm³/mol. The average Bonchev–Trinajstić information content (AvgIpc) is 2.98. The van der Waals surface area contributed by atoms with Gasteiger partial charge in [-0.3, -0.25) is 4.79 Å². The highest BCUT2D eigenvalue weighted by atomic mass is 16.5. The third kappa shape index (κ3) is 3.20. The number of carboxylic acids is 1. The average molecular weight is 279 g/mol. The number of hydrogen-bond acceptors (Lipinski definition) is 4. The van der Waals surface area contributed by atoms with Crippen LogP contribution in [0.1, 0.15) is 23.2 Å². The molecule has 1 aromatic rings. The summed E-state index contributed by atoms with van der Waals surface area (Å²) in [6.45, 7) is 1.41. The molecule has 20 heavy (non-hydrogen) atoms. The largest absolute Gasteiger partial charge is 0.493 e. The zero-order chi connectivity index (χ0) is 14.5. The second kappa shape index (κ2) is 6.27. The van der Waals surface area contributed by atoms with Gasteiger partial charge in [-0.2, -0.15) is 0 Å². The molecule has 108 valence electrons. The molecule has 6 heteroatoms. The standard InChI is InChI=1S/C14H17NO5/c1-19-11-5-4-10(14(17)18)8-12(11)20-9-13(16)15-6-2-3-7-15/h4-5,8H,2-3,6-7,9H2,1H3,(H,17,18). The van der Waals surface area contributed by atoms with Crippen LogP contribution in [0.15, 0.2) is 18.2 Å². The first-order chi connectivity index (χ1) is 9.61. The smallest absolute Gasteiger partial charge is 0.335 e. The summed E-state index contributed by atoms with van der Waals surface area (Å²) in [5.74, 6) is -0.474. The summed E-state index contributed by atoms with van der Waals surface area (Å²) in [5.41, 5.74) is 0.0921. The number of nitrogens with zero attached hydrogens (tertiary/aromatic N) is 1. The summed E-state index contributed by atoms with van der Waals surface area (Å²) in [6.07, 6.45) is 2.03. The number of aromatic carboxylic acids is 1. The van der Waals surface area contributed by atoms with Gasteiger partial charge in [-0.05, 0) is 31.0 Å². The quantitative estimate of drug-likeness (QED) is 0.881. The van der Waals surface area contributed by atoms with Crippen molar-refractivity contribution in [3.63, 3.8) is 0 Å². The molecule has 1 saturated heterocycles. The van der Waals surface area contributed by atoms with Crippen molar-refractivity contribution in [2.45, 2.75) is 12.8 Å². The minimum atomic E-state index is -1.05. The van der Waals surface area contributed by atoms with Crippen LogP contribution in [0, 0.1) is 0 Å². The van der Waals surface area contributed by atoms with E-state index in [1.165, 1.54) is 25.3 Å². The van der Waals surface area contributed by atoms with Gasteiger partial charge in [0.2, 0.25) is 0 Å². The lowest BCUT2D eigenvalue weighted by Gasteiger charge is -2.16. The van der Waals surface area contributed by atoms with Crippen LogP contribution in [-0.4, -0.2) is 48.7 Å². The Morgan fingerprint density at radius 3 is 2.55 bits per heavy atom. The number of carbonyl (C=O) groups excluding carboxylic acids is 1. The maximum atomic E-state index is 11.9. The van der Waals surface area contributed by atoms with Crippen LogP contribution in [0.2, 0.25) is 0 Å². The van der Waals surface area contributed by atoms with Gasteiger partial charge >= 0.3 is 5.97 Å². The van der Waals surface area contributed by atoms with E-state index in [2.05, 4.69) is 0 Å². The Balaban J connectivity index is 2.05. The first kappa shape index (κ1) is 14.2. The number of amides is 1. The summed E-state index contributed by atoms with van der Waals surface area (Å²) in [6, 6.07) is 4.30. The van der Waals surface area contributed by atoms with E-state index in [0.29, 0.717) is 5.75 Å². The van der Waals surface area contributed by atoms with Crippen LogP contribution in [0.5, 0.6) is 11.5 Å². The Morgan fingerprint density at radius 1 is 1.25 bits per heavy atom. The van der Waals surface area contributed by atoms with Crippen molar-refractivity contribution >= 4 is 11.9 Å². The second-order valence-corrected chi connectivity index (χ2v) is 4.55. The third-order valence-corrected chi connectivity index (χ3v) is 3.22. The van der Waals surface area contributed by atoms with E-state index in [4.69, 9.17) is 14.6 Å². The fourth-order valence-corrected chi connectivity index (χ4v) is 2.12. The van der Waals surface area contributed by atoms with Gasteiger partial charge in [0.15, 0.2) is 18.1 Å². The Morgan fingerprint density at radius 2 is 1.95 bits per heavy atom. The lowest BCUT2D eigenvalue weighted by atomic mass is 10.2. The lowest BCUT2D eigenvalue weighted by Crippen LogP contribution is -2.32. The summed E-state index contributed by atoms with van der Waals surface area (Å²) in [4.78, 5) is 24.6. The van der Waals surface area contributed by atoms with Crippen molar-refractivity contribution in [3.05, 3.63) is 23.8 Å². The maximum absolute atomic E-state index is 11.9. The van der Waals surface area contributed by atoms with E-state index in [9.17, 15) is 9.59 Å². The van der Waals surface area contributed by atoms with Crippen molar-refractivity contribution < 1.29 is 24.2 Å². The highest BCUT2D eigenvalue weighted by Gasteiger charge is 2.19. The molecule has 1 fully saturated rings. The zero-order valence-electron chi connectivity index (χ0n) is 11.3. The van der Waals surface area contributed by atoms with Crippen LogP contribution in [0.25, 0.3) is 0 Å². The Labute approximate surface area is 116 Å². The van der Waals surface area contributed by atoms with E-state index in [1.54, 1.807) is 4.90 Å².